The number of carbonyl (C=O) groups excluding carboxylic acids is 1. The summed E-state index contributed by atoms with van der Waals surface area (Å²) < 4.78 is 3.95. The van der Waals surface area contributed by atoms with Crippen LogP contribution in [0.25, 0.3) is 11.2 Å². The highest BCUT2D eigenvalue weighted by atomic mass is 16.2. The Balaban J connectivity index is 2.00. The number of likely N-dealkylation sites (N-methyl/N-ethyl adjacent to an activating group) is 1. The molecule has 1 atom stereocenters. The minimum absolute atomic E-state index is 0.0397. The fraction of sp³-hybridized carbons (Fsp3) is 0.647. The number of carbonyl (C=O) groups is 1. The van der Waals surface area contributed by atoms with Gasteiger partial charge >= 0.3 is 5.69 Å². The van der Waals surface area contributed by atoms with E-state index >= 15 is 0 Å². The average Bonchev–Trinajstić information content (AvgIpc) is 3.08. The van der Waals surface area contributed by atoms with Gasteiger partial charge in [-0.05, 0) is 19.8 Å². The lowest BCUT2D eigenvalue weighted by molar-refractivity contribution is -0.135. The highest BCUT2D eigenvalue weighted by Gasteiger charge is 2.28. The highest BCUT2D eigenvalue weighted by Crippen LogP contribution is 2.24. The van der Waals surface area contributed by atoms with Crippen molar-refractivity contribution >= 4 is 17.1 Å². The van der Waals surface area contributed by atoms with Crippen LogP contribution in [0.1, 0.15) is 45.1 Å². The van der Waals surface area contributed by atoms with Gasteiger partial charge in [0.25, 0.3) is 5.56 Å². The predicted octanol–water partition coefficient (Wildman–Crippen LogP) is 0.786. The molecule has 8 heteroatoms. The van der Waals surface area contributed by atoms with Crippen molar-refractivity contribution in [2.24, 2.45) is 14.1 Å². The minimum Gasteiger partial charge on any atom is -0.341 e. The van der Waals surface area contributed by atoms with E-state index in [0.29, 0.717) is 5.65 Å². The Morgan fingerprint density at radius 1 is 1.20 bits per heavy atom. The molecule has 0 aliphatic heterocycles. The summed E-state index contributed by atoms with van der Waals surface area (Å²) in [6, 6.07) is -0.298. The number of imidazole rings is 1. The Kier molecular flexibility index (Phi) is 4.53. The van der Waals surface area contributed by atoms with E-state index in [2.05, 4.69) is 4.98 Å². The SMILES string of the molecule is CC(C(=O)N(C)C1CCCCC1)n1cnc2c1c(=O)n(C)c(=O)n2C. The molecule has 1 unspecified atom stereocenters. The van der Waals surface area contributed by atoms with Gasteiger partial charge in [0.2, 0.25) is 5.91 Å². The maximum atomic E-state index is 12.9. The first-order valence-electron chi connectivity index (χ1n) is 8.73. The third kappa shape index (κ3) is 2.79. The summed E-state index contributed by atoms with van der Waals surface area (Å²) in [6.07, 6.45) is 7.04. The fourth-order valence-electron chi connectivity index (χ4n) is 3.72. The van der Waals surface area contributed by atoms with Gasteiger partial charge in [-0.1, -0.05) is 19.3 Å². The molecule has 0 N–H and O–H groups in total. The largest absolute Gasteiger partial charge is 0.341 e. The first kappa shape index (κ1) is 17.4. The molecule has 1 aliphatic rings. The summed E-state index contributed by atoms with van der Waals surface area (Å²) in [5.74, 6) is -0.0397. The van der Waals surface area contributed by atoms with Crippen molar-refractivity contribution in [1.82, 2.24) is 23.6 Å². The normalized spacial score (nSPS) is 17.0. The summed E-state index contributed by atoms with van der Waals surface area (Å²) in [5.41, 5.74) is -0.285. The molecule has 1 saturated carbocycles. The second-order valence-electron chi connectivity index (χ2n) is 6.95. The van der Waals surface area contributed by atoms with Gasteiger partial charge < -0.3 is 9.47 Å². The summed E-state index contributed by atoms with van der Waals surface area (Å²) in [5, 5.41) is 0. The summed E-state index contributed by atoms with van der Waals surface area (Å²) >= 11 is 0. The molecule has 2 aromatic heterocycles. The van der Waals surface area contributed by atoms with Crippen molar-refractivity contribution in [3.8, 4) is 0 Å². The van der Waals surface area contributed by atoms with Gasteiger partial charge in [0.15, 0.2) is 11.2 Å². The molecule has 0 radical (unpaired) electrons. The van der Waals surface area contributed by atoms with Crippen molar-refractivity contribution < 1.29 is 4.79 Å². The van der Waals surface area contributed by atoms with Crippen molar-refractivity contribution in [3.05, 3.63) is 27.2 Å². The maximum absolute atomic E-state index is 12.9. The van der Waals surface area contributed by atoms with Gasteiger partial charge in [-0.2, -0.15) is 0 Å². The lowest BCUT2D eigenvalue weighted by atomic mass is 9.94. The van der Waals surface area contributed by atoms with E-state index in [-0.39, 0.29) is 17.5 Å². The molecule has 25 heavy (non-hydrogen) atoms. The molecular formula is C17H25N5O3. The van der Waals surface area contributed by atoms with Crippen molar-refractivity contribution in [2.75, 3.05) is 7.05 Å². The third-order valence-electron chi connectivity index (χ3n) is 5.42. The topological polar surface area (TPSA) is 82.1 Å². The van der Waals surface area contributed by atoms with Crippen LogP contribution in [-0.2, 0) is 18.9 Å². The monoisotopic (exact) mass is 347 g/mol. The smallest absolute Gasteiger partial charge is 0.332 e. The average molecular weight is 347 g/mol. The van der Waals surface area contributed by atoms with E-state index in [1.807, 2.05) is 11.9 Å². The maximum Gasteiger partial charge on any atom is 0.332 e. The van der Waals surface area contributed by atoms with E-state index < -0.39 is 17.3 Å². The Bertz CT molecular complexity index is 917. The fourth-order valence-corrected chi connectivity index (χ4v) is 3.72. The highest BCUT2D eigenvalue weighted by molar-refractivity contribution is 5.82. The number of rotatable bonds is 3. The van der Waals surface area contributed by atoms with E-state index in [1.54, 1.807) is 18.5 Å². The molecule has 136 valence electrons. The Morgan fingerprint density at radius 3 is 2.48 bits per heavy atom. The van der Waals surface area contributed by atoms with Crippen LogP contribution in [0.3, 0.4) is 0 Å². The van der Waals surface area contributed by atoms with Gasteiger partial charge in [0.1, 0.15) is 6.04 Å². The molecule has 1 fully saturated rings. The molecule has 8 nitrogen and oxygen atoms in total. The Hall–Kier alpha value is -2.38. The van der Waals surface area contributed by atoms with Crippen LogP contribution in [0.15, 0.2) is 15.9 Å². The van der Waals surface area contributed by atoms with E-state index in [1.165, 1.54) is 24.4 Å². The van der Waals surface area contributed by atoms with E-state index in [0.717, 1.165) is 30.3 Å². The number of hydrogen-bond acceptors (Lipinski definition) is 4. The van der Waals surface area contributed by atoms with Crippen molar-refractivity contribution in [1.29, 1.82) is 0 Å². The summed E-state index contributed by atoms with van der Waals surface area (Å²) in [4.78, 5) is 43.5. The molecule has 3 rings (SSSR count). The number of aromatic nitrogens is 4. The third-order valence-corrected chi connectivity index (χ3v) is 5.42. The van der Waals surface area contributed by atoms with Gasteiger partial charge in [-0.3, -0.25) is 18.7 Å². The quantitative estimate of drug-likeness (QED) is 0.822. The van der Waals surface area contributed by atoms with Gasteiger partial charge in [0, 0.05) is 27.2 Å². The predicted molar refractivity (Wildman–Crippen MR) is 94.6 cm³/mol. The van der Waals surface area contributed by atoms with Gasteiger partial charge in [-0.15, -0.1) is 0 Å². The summed E-state index contributed by atoms with van der Waals surface area (Å²) in [7, 11) is 4.84. The number of aryl methyl sites for hydroxylation is 1. The second kappa shape index (κ2) is 6.50. The Labute approximate surface area is 145 Å². The molecule has 0 bridgehead atoms. The van der Waals surface area contributed by atoms with Crippen LogP contribution in [0.4, 0.5) is 0 Å². The molecule has 2 aromatic rings. The molecule has 1 aliphatic carbocycles. The molecule has 2 heterocycles. The second-order valence-corrected chi connectivity index (χ2v) is 6.95. The number of hydrogen-bond donors (Lipinski definition) is 0. The standard InChI is InChI=1S/C17H25N5O3/c1-11(15(23)19(2)12-8-6-5-7-9-12)22-10-18-14-13(22)16(24)21(4)17(25)20(14)3/h10-12H,5-9H2,1-4H3. The van der Waals surface area contributed by atoms with E-state index in [9.17, 15) is 14.4 Å². The van der Waals surface area contributed by atoms with Crippen LogP contribution in [0, 0.1) is 0 Å². The van der Waals surface area contributed by atoms with E-state index in [4.69, 9.17) is 0 Å². The van der Waals surface area contributed by atoms with Crippen LogP contribution in [-0.4, -0.2) is 42.6 Å². The molecule has 0 aromatic carbocycles. The lowest BCUT2D eigenvalue weighted by Crippen LogP contribution is -2.42. The van der Waals surface area contributed by atoms with Crippen molar-refractivity contribution in [2.45, 2.75) is 51.1 Å². The minimum atomic E-state index is -0.554. The number of nitrogens with zero attached hydrogens (tertiary/aromatic N) is 5. The lowest BCUT2D eigenvalue weighted by Gasteiger charge is -2.33. The summed E-state index contributed by atoms with van der Waals surface area (Å²) in [6.45, 7) is 1.77. The molecule has 0 spiro atoms. The molecule has 0 saturated heterocycles. The first-order chi connectivity index (χ1) is 11.8. The number of amides is 1. The zero-order chi connectivity index (χ0) is 18.3. The van der Waals surface area contributed by atoms with Gasteiger partial charge in [0.05, 0.1) is 6.33 Å². The Morgan fingerprint density at radius 2 is 1.84 bits per heavy atom. The van der Waals surface area contributed by atoms with Crippen LogP contribution in [0.5, 0.6) is 0 Å². The van der Waals surface area contributed by atoms with Crippen LogP contribution in [0.2, 0.25) is 0 Å². The molecule has 1 amide bonds. The van der Waals surface area contributed by atoms with Gasteiger partial charge in [-0.25, -0.2) is 9.78 Å². The zero-order valence-corrected chi connectivity index (χ0v) is 15.2. The van der Waals surface area contributed by atoms with Crippen LogP contribution < -0.4 is 11.2 Å². The zero-order valence-electron chi connectivity index (χ0n) is 15.2. The number of fused-ring (bicyclic) bond motifs is 1. The first-order valence-corrected chi connectivity index (χ1v) is 8.73. The van der Waals surface area contributed by atoms with Crippen LogP contribution >= 0.6 is 0 Å². The molecular weight excluding hydrogens is 322 g/mol. The van der Waals surface area contributed by atoms with Crippen molar-refractivity contribution in [3.63, 3.8) is 0 Å².